The molecule has 0 aromatic heterocycles. The smallest absolute Gasteiger partial charge is 0.307 e. The van der Waals surface area contributed by atoms with Crippen molar-refractivity contribution in [3.8, 4) is 0 Å². The van der Waals surface area contributed by atoms with E-state index < -0.39 is 12.1 Å². The number of hydrogen-bond acceptors (Lipinski definition) is 4. The number of nitrogens with two attached hydrogens (primary N) is 1. The van der Waals surface area contributed by atoms with Crippen LogP contribution in [-0.4, -0.2) is 37.1 Å². The van der Waals surface area contributed by atoms with E-state index in [0.717, 1.165) is 19.3 Å². The van der Waals surface area contributed by atoms with Gasteiger partial charge in [-0.25, -0.2) is 0 Å². The summed E-state index contributed by atoms with van der Waals surface area (Å²) in [5, 5.41) is 0. The van der Waals surface area contributed by atoms with Gasteiger partial charge in [0.2, 0.25) is 6.23 Å². The van der Waals surface area contributed by atoms with Gasteiger partial charge in [0.1, 0.15) is 0 Å². The van der Waals surface area contributed by atoms with Gasteiger partial charge < -0.3 is 10.5 Å². The summed E-state index contributed by atoms with van der Waals surface area (Å²) in [6.45, 7) is 2.26. The Morgan fingerprint density at radius 3 is 1.44 bits per heavy atom. The summed E-state index contributed by atoms with van der Waals surface area (Å²) in [6.07, 6.45) is 18.8. The normalized spacial score (nSPS) is 12.3. The molecule has 160 valence electrons. The molecular formula is C22H44N2O3. The van der Waals surface area contributed by atoms with Crippen molar-refractivity contribution in [1.82, 2.24) is 4.90 Å². The van der Waals surface area contributed by atoms with Gasteiger partial charge in [-0.15, -0.1) is 0 Å². The molecule has 0 spiro atoms. The lowest BCUT2D eigenvalue weighted by atomic mass is 10.0. The number of amides is 1. The minimum absolute atomic E-state index is 0.345. The maximum atomic E-state index is 11.7. The van der Waals surface area contributed by atoms with Gasteiger partial charge in [-0.05, 0) is 20.5 Å². The molecule has 0 aliphatic carbocycles. The predicted molar refractivity (Wildman–Crippen MR) is 112 cm³/mol. The number of likely N-dealkylation sites (N-methyl/N-ethyl adjacent to an activating group) is 1. The van der Waals surface area contributed by atoms with E-state index >= 15 is 0 Å². The number of nitrogens with zero attached hydrogens (tertiary/aromatic N) is 1. The number of rotatable bonds is 19. The molecule has 0 radical (unpaired) electrons. The number of carbonyl (C=O) groups is 2. The highest BCUT2D eigenvalue weighted by molar-refractivity contribution is 5.81. The summed E-state index contributed by atoms with van der Waals surface area (Å²) >= 11 is 0. The van der Waals surface area contributed by atoms with Crippen LogP contribution in [0.3, 0.4) is 0 Å². The minimum atomic E-state index is -0.964. The molecule has 0 aromatic carbocycles. The molecule has 5 heteroatoms. The Morgan fingerprint density at radius 2 is 1.11 bits per heavy atom. The Morgan fingerprint density at radius 1 is 0.741 bits per heavy atom. The van der Waals surface area contributed by atoms with Crippen LogP contribution in [0.5, 0.6) is 0 Å². The molecule has 0 aromatic rings. The Kier molecular flexibility index (Phi) is 17.5. The van der Waals surface area contributed by atoms with Gasteiger partial charge in [0.25, 0.3) is 5.91 Å². The highest BCUT2D eigenvalue weighted by Crippen LogP contribution is 2.14. The largest absolute Gasteiger partial charge is 0.437 e. The number of esters is 1. The van der Waals surface area contributed by atoms with Crippen molar-refractivity contribution in [2.24, 2.45) is 5.73 Å². The maximum Gasteiger partial charge on any atom is 0.307 e. The van der Waals surface area contributed by atoms with Crippen LogP contribution in [0.4, 0.5) is 0 Å². The Hall–Kier alpha value is -1.10. The Bertz CT molecular complexity index is 373. The van der Waals surface area contributed by atoms with Gasteiger partial charge in [0.15, 0.2) is 0 Å². The van der Waals surface area contributed by atoms with E-state index in [0.29, 0.717) is 6.42 Å². The number of primary amides is 1. The van der Waals surface area contributed by atoms with Crippen molar-refractivity contribution >= 4 is 11.9 Å². The number of carbonyl (C=O) groups excluding carboxylic acids is 2. The third-order valence-electron chi connectivity index (χ3n) is 4.94. The topological polar surface area (TPSA) is 72.6 Å². The van der Waals surface area contributed by atoms with E-state index in [-0.39, 0.29) is 5.97 Å². The third-order valence-corrected chi connectivity index (χ3v) is 4.94. The molecule has 0 fully saturated rings. The lowest BCUT2D eigenvalue weighted by Crippen LogP contribution is -2.43. The van der Waals surface area contributed by atoms with Crippen molar-refractivity contribution < 1.29 is 14.3 Å². The average Bonchev–Trinajstić information content (AvgIpc) is 2.62. The molecule has 2 N–H and O–H groups in total. The van der Waals surface area contributed by atoms with Gasteiger partial charge in [-0.3, -0.25) is 14.5 Å². The lowest BCUT2D eigenvalue weighted by molar-refractivity contribution is -0.164. The maximum absolute atomic E-state index is 11.7. The van der Waals surface area contributed by atoms with Crippen molar-refractivity contribution in [2.75, 3.05) is 14.1 Å². The summed E-state index contributed by atoms with van der Waals surface area (Å²) < 4.78 is 5.10. The quantitative estimate of drug-likeness (QED) is 0.189. The Balaban J connectivity index is 3.35. The fourth-order valence-electron chi connectivity index (χ4n) is 3.24. The van der Waals surface area contributed by atoms with Crippen LogP contribution in [-0.2, 0) is 14.3 Å². The van der Waals surface area contributed by atoms with E-state index in [4.69, 9.17) is 10.5 Å². The van der Waals surface area contributed by atoms with Gasteiger partial charge >= 0.3 is 5.97 Å². The van der Waals surface area contributed by atoms with E-state index in [2.05, 4.69) is 6.92 Å². The monoisotopic (exact) mass is 384 g/mol. The molecule has 27 heavy (non-hydrogen) atoms. The number of unbranched alkanes of at least 4 members (excludes halogenated alkanes) is 14. The molecule has 0 saturated heterocycles. The lowest BCUT2D eigenvalue weighted by Gasteiger charge is -2.20. The molecule has 1 atom stereocenters. The first-order chi connectivity index (χ1) is 13.0. The SMILES string of the molecule is CCCCCCCCCCCCCCCCCC(=O)OC(C(N)=O)N(C)C. The first-order valence-corrected chi connectivity index (χ1v) is 11.1. The molecule has 0 saturated carbocycles. The fraction of sp³-hybridized carbons (Fsp3) is 0.909. The third kappa shape index (κ3) is 16.8. The van der Waals surface area contributed by atoms with E-state index in [9.17, 15) is 9.59 Å². The summed E-state index contributed by atoms with van der Waals surface area (Å²) in [7, 11) is 3.33. The van der Waals surface area contributed by atoms with Gasteiger partial charge in [0.05, 0.1) is 0 Å². The van der Waals surface area contributed by atoms with Crippen LogP contribution in [0.2, 0.25) is 0 Å². The van der Waals surface area contributed by atoms with Crippen molar-refractivity contribution in [3.63, 3.8) is 0 Å². The first-order valence-electron chi connectivity index (χ1n) is 11.1. The summed E-state index contributed by atoms with van der Waals surface area (Å²) in [5.74, 6) is -0.980. The zero-order valence-corrected chi connectivity index (χ0v) is 18.1. The summed E-state index contributed by atoms with van der Waals surface area (Å²) in [5.41, 5.74) is 5.21. The van der Waals surface area contributed by atoms with Crippen molar-refractivity contribution in [3.05, 3.63) is 0 Å². The summed E-state index contributed by atoms with van der Waals surface area (Å²) in [4.78, 5) is 24.4. The molecule has 1 unspecified atom stereocenters. The van der Waals surface area contributed by atoms with Crippen LogP contribution in [0.25, 0.3) is 0 Å². The molecule has 1 amide bonds. The second-order valence-corrected chi connectivity index (χ2v) is 7.91. The summed E-state index contributed by atoms with van der Waals surface area (Å²) in [6, 6.07) is 0. The molecule has 5 nitrogen and oxygen atoms in total. The second-order valence-electron chi connectivity index (χ2n) is 7.91. The molecular weight excluding hydrogens is 340 g/mol. The van der Waals surface area contributed by atoms with Crippen LogP contribution in [0.15, 0.2) is 0 Å². The van der Waals surface area contributed by atoms with Crippen molar-refractivity contribution in [2.45, 2.75) is 116 Å². The van der Waals surface area contributed by atoms with Gasteiger partial charge in [-0.2, -0.15) is 0 Å². The standard InChI is InChI=1S/C22H44N2O3/c1-4-5-6-7-8-9-10-11-12-13-14-15-16-17-18-19-20(25)27-22(21(23)26)24(2)3/h22H,4-19H2,1-3H3,(H2,23,26). The molecule has 0 aliphatic heterocycles. The Labute approximate surface area is 167 Å². The van der Waals surface area contributed by atoms with E-state index in [1.165, 1.54) is 81.9 Å². The van der Waals surface area contributed by atoms with Crippen LogP contribution in [0, 0.1) is 0 Å². The minimum Gasteiger partial charge on any atom is -0.437 e. The fourth-order valence-corrected chi connectivity index (χ4v) is 3.24. The highest BCUT2D eigenvalue weighted by atomic mass is 16.6. The second kappa shape index (κ2) is 18.3. The van der Waals surface area contributed by atoms with Crippen LogP contribution in [0.1, 0.15) is 110 Å². The highest BCUT2D eigenvalue weighted by Gasteiger charge is 2.21. The molecule has 0 rings (SSSR count). The first kappa shape index (κ1) is 25.9. The van der Waals surface area contributed by atoms with Gasteiger partial charge in [0, 0.05) is 6.42 Å². The predicted octanol–water partition coefficient (Wildman–Crippen LogP) is 5.16. The van der Waals surface area contributed by atoms with E-state index in [1.54, 1.807) is 14.1 Å². The van der Waals surface area contributed by atoms with E-state index in [1.807, 2.05) is 0 Å². The van der Waals surface area contributed by atoms with Gasteiger partial charge in [-0.1, -0.05) is 96.8 Å². The number of hydrogen-bond donors (Lipinski definition) is 1. The molecule has 0 heterocycles. The number of ether oxygens (including phenoxy) is 1. The van der Waals surface area contributed by atoms with Crippen LogP contribution < -0.4 is 5.73 Å². The average molecular weight is 385 g/mol. The molecule has 0 aliphatic rings. The zero-order chi connectivity index (χ0) is 20.3. The van der Waals surface area contributed by atoms with Crippen LogP contribution >= 0.6 is 0 Å². The van der Waals surface area contributed by atoms with Crippen molar-refractivity contribution in [1.29, 1.82) is 0 Å². The zero-order valence-electron chi connectivity index (χ0n) is 18.1. The molecule has 0 bridgehead atoms.